The molecule has 1 saturated carbocycles. The van der Waals surface area contributed by atoms with E-state index in [4.69, 9.17) is 21.1 Å². The van der Waals surface area contributed by atoms with Gasteiger partial charge >= 0.3 is 0 Å². The summed E-state index contributed by atoms with van der Waals surface area (Å²) < 4.78 is 40.3. The van der Waals surface area contributed by atoms with E-state index < -0.39 is 28.5 Å². The molecule has 0 spiro atoms. The second-order valence-electron chi connectivity index (χ2n) is 11.2. The van der Waals surface area contributed by atoms with Crippen LogP contribution in [0.1, 0.15) is 49.3 Å². The van der Waals surface area contributed by atoms with Gasteiger partial charge in [0.15, 0.2) is 11.5 Å². The lowest BCUT2D eigenvalue weighted by molar-refractivity contribution is -0.139. The summed E-state index contributed by atoms with van der Waals surface area (Å²) in [4.78, 5) is 29.0. The topological polar surface area (TPSA) is 105 Å². The van der Waals surface area contributed by atoms with Crippen LogP contribution in [0.2, 0.25) is 5.02 Å². The van der Waals surface area contributed by atoms with Crippen LogP contribution in [-0.2, 0) is 26.2 Å². The maximum absolute atomic E-state index is 14.3. The first-order valence-electron chi connectivity index (χ1n) is 14.6. The third-order valence-corrected chi connectivity index (χ3v) is 10.0. The molecule has 1 atom stereocenters. The van der Waals surface area contributed by atoms with Crippen molar-refractivity contribution >= 4 is 39.1 Å². The zero-order valence-electron chi connectivity index (χ0n) is 25.8. The Labute approximate surface area is 265 Å². The van der Waals surface area contributed by atoms with Gasteiger partial charge in [-0.15, -0.1) is 0 Å². The summed E-state index contributed by atoms with van der Waals surface area (Å²) in [6.07, 6.45) is 3.86. The second-order valence-corrected chi connectivity index (χ2v) is 13.4. The van der Waals surface area contributed by atoms with Crippen LogP contribution in [0.15, 0.2) is 65.6 Å². The molecule has 1 N–H and O–H groups in total. The Kier molecular flexibility index (Phi) is 10.8. The van der Waals surface area contributed by atoms with Gasteiger partial charge in [-0.25, -0.2) is 8.42 Å². The molecule has 0 radical (unpaired) electrons. The third-order valence-electron chi connectivity index (χ3n) is 7.88. The fraction of sp³-hybridized carbons (Fsp3) is 0.394. The van der Waals surface area contributed by atoms with E-state index in [1.807, 2.05) is 19.9 Å². The molecule has 1 fully saturated rings. The lowest BCUT2D eigenvalue weighted by Crippen LogP contribution is -2.52. The molecule has 0 aliphatic heterocycles. The van der Waals surface area contributed by atoms with Gasteiger partial charge in [-0.2, -0.15) is 0 Å². The van der Waals surface area contributed by atoms with Crippen LogP contribution >= 0.6 is 11.6 Å². The molecule has 3 aromatic rings. The minimum Gasteiger partial charge on any atom is -0.493 e. The zero-order valence-corrected chi connectivity index (χ0v) is 27.4. The van der Waals surface area contributed by atoms with Crippen molar-refractivity contribution in [2.45, 2.75) is 70.0 Å². The van der Waals surface area contributed by atoms with Gasteiger partial charge in [0.05, 0.1) is 24.8 Å². The van der Waals surface area contributed by atoms with E-state index >= 15 is 0 Å². The van der Waals surface area contributed by atoms with Gasteiger partial charge in [-0.3, -0.25) is 13.9 Å². The van der Waals surface area contributed by atoms with Gasteiger partial charge in [-0.05, 0) is 80.6 Å². The lowest BCUT2D eigenvalue weighted by atomic mass is 10.1. The van der Waals surface area contributed by atoms with Gasteiger partial charge in [-0.1, -0.05) is 48.7 Å². The molecular formula is C33H40ClN3O6S. The molecule has 11 heteroatoms. The minimum atomic E-state index is -4.30. The summed E-state index contributed by atoms with van der Waals surface area (Å²) in [5.41, 5.74) is 2.63. The number of anilines is 1. The van der Waals surface area contributed by atoms with E-state index in [0.29, 0.717) is 22.0 Å². The van der Waals surface area contributed by atoms with E-state index in [0.717, 1.165) is 41.1 Å². The number of amides is 2. The Hall–Kier alpha value is -3.76. The summed E-state index contributed by atoms with van der Waals surface area (Å²) in [6.45, 7) is 4.85. The Balaban J connectivity index is 1.75. The average Bonchev–Trinajstić information content (AvgIpc) is 3.51. The van der Waals surface area contributed by atoms with Crippen LogP contribution < -0.4 is 19.1 Å². The molecule has 0 heterocycles. The number of nitrogens with zero attached hydrogens (tertiary/aromatic N) is 2. The van der Waals surface area contributed by atoms with E-state index in [1.165, 1.54) is 37.3 Å². The molecule has 1 aliphatic carbocycles. The number of nitrogens with one attached hydrogen (secondary N) is 1. The number of hydrogen-bond acceptors (Lipinski definition) is 6. The standard InChI is InChI=1S/C33H40ClN3O6S/c1-22-16-23(2)18-27(17-22)37(44(40,41)28-14-15-30(42-4)31(19-28)43-5)21-32(38)36(20-25-10-6-9-13-29(25)34)24(3)33(39)35-26-11-7-8-12-26/h6,9-10,13-19,24,26H,7-8,11-12,20-21H2,1-5H3,(H,35,39)/t24-/m1/s1. The molecule has 44 heavy (non-hydrogen) atoms. The molecular weight excluding hydrogens is 602 g/mol. The van der Waals surface area contributed by atoms with Crippen LogP contribution in [0.3, 0.4) is 0 Å². The van der Waals surface area contributed by atoms with Gasteiger partial charge < -0.3 is 19.7 Å². The zero-order chi connectivity index (χ0) is 32.0. The maximum atomic E-state index is 14.3. The van der Waals surface area contributed by atoms with E-state index in [9.17, 15) is 18.0 Å². The summed E-state index contributed by atoms with van der Waals surface area (Å²) in [6, 6.07) is 15.9. The number of sulfonamides is 1. The monoisotopic (exact) mass is 641 g/mol. The molecule has 0 bridgehead atoms. The first-order chi connectivity index (χ1) is 20.9. The first-order valence-corrected chi connectivity index (χ1v) is 16.4. The molecule has 236 valence electrons. The predicted octanol–water partition coefficient (Wildman–Crippen LogP) is 5.65. The number of methoxy groups -OCH3 is 2. The Morgan fingerprint density at radius 1 is 0.955 bits per heavy atom. The molecule has 0 saturated heterocycles. The Bertz CT molecular complexity index is 1590. The predicted molar refractivity (Wildman–Crippen MR) is 172 cm³/mol. The van der Waals surface area contributed by atoms with Crippen molar-refractivity contribution in [1.82, 2.24) is 10.2 Å². The van der Waals surface area contributed by atoms with Crippen LogP contribution in [0.5, 0.6) is 11.5 Å². The lowest BCUT2D eigenvalue weighted by Gasteiger charge is -2.33. The Morgan fingerprint density at radius 3 is 2.20 bits per heavy atom. The van der Waals surface area contributed by atoms with Crippen molar-refractivity contribution in [1.29, 1.82) is 0 Å². The third kappa shape index (κ3) is 7.65. The van der Waals surface area contributed by atoms with Crippen LogP contribution in [0.4, 0.5) is 5.69 Å². The van der Waals surface area contributed by atoms with Crippen molar-refractivity contribution in [2.75, 3.05) is 25.1 Å². The van der Waals surface area contributed by atoms with Crippen molar-refractivity contribution in [2.24, 2.45) is 0 Å². The molecule has 1 aliphatic rings. The SMILES string of the molecule is COc1ccc(S(=O)(=O)N(CC(=O)N(Cc2ccccc2Cl)[C@H](C)C(=O)NC2CCCC2)c2cc(C)cc(C)c2)cc1OC. The molecule has 4 rings (SSSR count). The van der Waals surface area contributed by atoms with Crippen molar-refractivity contribution < 1.29 is 27.5 Å². The van der Waals surface area contributed by atoms with E-state index in [-0.39, 0.29) is 29.1 Å². The highest BCUT2D eigenvalue weighted by Gasteiger charge is 2.34. The fourth-order valence-electron chi connectivity index (χ4n) is 5.51. The fourth-order valence-corrected chi connectivity index (χ4v) is 7.12. The number of carbonyl (C=O) groups is 2. The van der Waals surface area contributed by atoms with Gasteiger partial charge in [0, 0.05) is 23.7 Å². The highest BCUT2D eigenvalue weighted by atomic mass is 35.5. The van der Waals surface area contributed by atoms with Crippen LogP contribution in [0, 0.1) is 13.8 Å². The highest BCUT2D eigenvalue weighted by Crippen LogP contribution is 2.33. The van der Waals surface area contributed by atoms with Crippen molar-refractivity contribution in [3.05, 3.63) is 82.4 Å². The summed E-state index contributed by atoms with van der Waals surface area (Å²) >= 11 is 6.47. The van der Waals surface area contributed by atoms with Gasteiger partial charge in [0.1, 0.15) is 12.6 Å². The molecule has 0 unspecified atom stereocenters. The Morgan fingerprint density at radius 2 is 1.59 bits per heavy atom. The molecule has 0 aromatic heterocycles. The number of ether oxygens (including phenoxy) is 2. The van der Waals surface area contributed by atoms with E-state index in [2.05, 4.69) is 5.32 Å². The van der Waals surface area contributed by atoms with Crippen molar-refractivity contribution in [3.63, 3.8) is 0 Å². The van der Waals surface area contributed by atoms with E-state index in [1.54, 1.807) is 43.3 Å². The smallest absolute Gasteiger partial charge is 0.264 e. The van der Waals surface area contributed by atoms with Crippen LogP contribution in [0.25, 0.3) is 0 Å². The summed E-state index contributed by atoms with van der Waals surface area (Å²) in [5.74, 6) is -0.244. The minimum absolute atomic E-state index is 0.0227. The number of rotatable bonds is 12. The van der Waals surface area contributed by atoms with Crippen LogP contribution in [-0.4, -0.2) is 58.0 Å². The average molecular weight is 642 g/mol. The molecule has 9 nitrogen and oxygen atoms in total. The number of aryl methyl sites for hydroxylation is 2. The summed E-state index contributed by atoms with van der Waals surface area (Å²) in [7, 11) is -1.41. The summed E-state index contributed by atoms with van der Waals surface area (Å²) in [5, 5.41) is 3.51. The number of hydrogen-bond donors (Lipinski definition) is 1. The maximum Gasteiger partial charge on any atom is 0.264 e. The molecule has 2 amide bonds. The normalized spacial score (nSPS) is 14.1. The largest absolute Gasteiger partial charge is 0.493 e. The molecule has 3 aromatic carbocycles. The number of benzene rings is 3. The highest BCUT2D eigenvalue weighted by molar-refractivity contribution is 7.92. The van der Waals surface area contributed by atoms with Crippen molar-refractivity contribution in [3.8, 4) is 11.5 Å². The number of halogens is 1. The number of carbonyl (C=O) groups excluding carboxylic acids is 2. The van der Waals surface area contributed by atoms with Gasteiger partial charge in [0.2, 0.25) is 11.8 Å². The second kappa shape index (κ2) is 14.3. The quantitative estimate of drug-likeness (QED) is 0.274. The first kappa shape index (κ1) is 33.1. The van der Waals surface area contributed by atoms with Gasteiger partial charge in [0.25, 0.3) is 10.0 Å².